The zero-order chi connectivity index (χ0) is 10.8. The number of carbonyl (C=O) groups excluding carboxylic acids is 1. The Hall–Kier alpha value is -1.84. The van der Waals surface area contributed by atoms with E-state index in [0.29, 0.717) is 6.41 Å². The van der Waals surface area contributed by atoms with Crippen LogP contribution in [-0.2, 0) is 11.3 Å². The number of aromatic nitrogens is 2. The highest BCUT2D eigenvalue weighted by atomic mass is 16.1. The Morgan fingerprint density at radius 3 is 3.00 bits per heavy atom. The third-order valence-electron chi connectivity index (χ3n) is 2.48. The minimum Gasteiger partial charge on any atom is -0.329 e. The monoisotopic (exact) mass is 203 g/mol. The van der Waals surface area contributed by atoms with Crippen molar-refractivity contribution < 1.29 is 4.79 Å². The molecule has 0 aliphatic rings. The van der Waals surface area contributed by atoms with Crippen molar-refractivity contribution in [3.63, 3.8) is 0 Å². The minimum absolute atomic E-state index is 0.671. The van der Waals surface area contributed by atoms with Crippen LogP contribution in [0, 0.1) is 6.92 Å². The van der Waals surface area contributed by atoms with E-state index in [2.05, 4.69) is 21.8 Å². The highest BCUT2D eigenvalue weighted by Gasteiger charge is 2.05. The van der Waals surface area contributed by atoms with Gasteiger partial charge in [-0.1, -0.05) is 0 Å². The number of hydrogen-bond donors (Lipinski definition) is 1. The van der Waals surface area contributed by atoms with E-state index in [1.165, 1.54) is 0 Å². The first-order valence-electron chi connectivity index (χ1n) is 4.93. The predicted molar refractivity (Wildman–Crippen MR) is 59.8 cm³/mol. The molecule has 1 N–H and O–H groups in total. The van der Waals surface area contributed by atoms with E-state index in [4.69, 9.17) is 0 Å². The van der Waals surface area contributed by atoms with Crippen molar-refractivity contribution in [3.8, 4) is 0 Å². The van der Waals surface area contributed by atoms with Gasteiger partial charge in [0.2, 0.25) is 6.41 Å². The molecule has 0 bridgehead atoms. The fourth-order valence-corrected chi connectivity index (χ4v) is 1.81. The molecule has 1 aromatic heterocycles. The van der Waals surface area contributed by atoms with Gasteiger partial charge in [0, 0.05) is 12.2 Å². The molecule has 0 unspecified atom stereocenters. The molecule has 4 nitrogen and oxygen atoms in total. The smallest absolute Gasteiger partial charge is 0.211 e. The van der Waals surface area contributed by atoms with E-state index in [1.54, 1.807) is 0 Å². The van der Waals surface area contributed by atoms with Crippen LogP contribution < -0.4 is 5.32 Å². The Labute approximate surface area is 87.9 Å². The highest BCUT2D eigenvalue weighted by Crippen LogP contribution is 2.19. The number of aryl methyl sites for hydroxylation is 2. The van der Waals surface area contributed by atoms with Crippen molar-refractivity contribution in [2.75, 3.05) is 5.32 Å². The number of nitrogens with one attached hydrogen (secondary N) is 1. The molecule has 2 aromatic rings. The van der Waals surface area contributed by atoms with Crippen molar-refractivity contribution in [1.82, 2.24) is 9.55 Å². The summed E-state index contributed by atoms with van der Waals surface area (Å²) in [6.07, 6.45) is 0.671. The van der Waals surface area contributed by atoms with Gasteiger partial charge in [-0.15, -0.1) is 0 Å². The van der Waals surface area contributed by atoms with Crippen LogP contribution in [0.1, 0.15) is 12.7 Å². The normalized spacial score (nSPS) is 10.5. The minimum atomic E-state index is 0.671. The van der Waals surface area contributed by atoms with Gasteiger partial charge in [-0.05, 0) is 32.0 Å². The maximum absolute atomic E-state index is 10.3. The molecule has 4 heteroatoms. The number of rotatable bonds is 3. The summed E-state index contributed by atoms with van der Waals surface area (Å²) in [6, 6.07) is 5.73. The molecule has 0 aliphatic carbocycles. The van der Waals surface area contributed by atoms with Gasteiger partial charge < -0.3 is 9.88 Å². The molecule has 0 spiro atoms. The summed E-state index contributed by atoms with van der Waals surface area (Å²) >= 11 is 0. The molecule has 1 aromatic carbocycles. The van der Waals surface area contributed by atoms with Crippen molar-refractivity contribution in [3.05, 3.63) is 24.0 Å². The first-order chi connectivity index (χ1) is 7.26. The fraction of sp³-hybridized carbons (Fsp3) is 0.273. The Morgan fingerprint density at radius 1 is 1.53 bits per heavy atom. The van der Waals surface area contributed by atoms with Crippen molar-refractivity contribution in [2.45, 2.75) is 20.4 Å². The lowest BCUT2D eigenvalue weighted by Gasteiger charge is -2.02. The number of imidazole rings is 1. The zero-order valence-corrected chi connectivity index (χ0v) is 8.82. The molecular formula is C11H13N3O. The Kier molecular flexibility index (Phi) is 2.41. The maximum atomic E-state index is 10.3. The Morgan fingerprint density at radius 2 is 2.33 bits per heavy atom. The van der Waals surface area contributed by atoms with Crippen LogP contribution in [0.15, 0.2) is 18.2 Å². The summed E-state index contributed by atoms with van der Waals surface area (Å²) in [7, 11) is 0. The van der Waals surface area contributed by atoms with Gasteiger partial charge in [0.15, 0.2) is 0 Å². The third kappa shape index (κ3) is 1.58. The van der Waals surface area contributed by atoms with E-state index in [-0.39, 0.29) is 0 Å². The highest BCUT2D eigenvalue weighted by molar-refractivity contribution is 5.83. The summed E-state index contributed by atoms with van der Waals surface area (Å²) in [5.74, 6) is 0.996. The second-order valence-electron chi connectivity index (χ2n) is 3.37. The summed E-state index contributed by atoms with van der Waals surface area (Å²) in [5.41, 5.74) is 2.80. The van der Waals surface area contributed by atoms with E-state index < -0.39 is 0 Å². The number of carbonyl (C=O) groups is 1. The molecular weight excluding hydrogens is 190 g/mol. The molecule has 15 heavy (non-hydrogen) atoms. The van der Waals surface area contributed by atoms with Gasteiger partial charge >= 0.3 is 0 Å². The SMILES string of the molecule is CCn1c(C)nc2cc(NC=O)ccc21. The molecule has 0 saturated carbocycles. The number of anilines is 1. The molecule has 78 valence electrons. The molecule has 1 amide bonds. The Balaban J connectivity index is 2.59. The zero-order valence-electron chi connectivity index (χ0n) is 8.82. The van der Waals surface area contributed by atoms with Gasteiger partial charge in [0.1, 0.15) is 5.82 Å². The molecule has 1 heterocycles. The molecule has 0 atom stereocenters. The summed E-state index contributed by atoms with van der Waals surface area (Å²) in [5, 5.41) is 2.62. The second-order valence-corrected chi connectivity index (χ2v) is 3.37. The van der Waals surface area contributed by atoms with Crippen LogP contribution in [0.25, 0.3) is 11.0 Å². The van der Waals surface area contributed by atoms with Crippen LogP contribution in [0.4, 0.5) is 5.69 Å². The van der Waals surface area contributed by atoms with Crippen molar-refractivity contribution in [1.29, 1.82) is 0 Å². The van der Waals surface area contributed by atoms with Gasteiger partial charge in [-0.25, -0.2) is 4.98 Å². The lowest BCUT2D eigenvalue weighted by molar-refractivity contribution is -0.105. The largest absolute Gasteiger partial charge is 0.329 e. The van der Waals surface area contributed by atoms with Crippen LogP contribution in [0.3, 0.4) is 0 Å². The molecule has 0 fully saturated rings. The second kappa shape index (κ2) is 3.73. The number of nitrogens with zero attached hydrogens (tertiary/aromatic N) is 2. The first kappa shape index (κ1) is 9.71. The fourth-order valence-electron chi connectivity index (χ4n) is 1.81. The van der Waals surface area contributed by atoms with Crippen molar-refractivity contribution in [2.24, 2.45) is 0 Å². The lowest BCUT2D eigenvalue weighted by atomic mass is 10.3. The topological polar surface area (TPSA) is 46.9 Å². The quantitative estimate of drug-likeness (QED) is 0.775. The van der Waals surface area contributed by atoms with Crippen LogP contribution in [0.2, 0.25) is 0 Å². The van der Waals surface area contributed by atoms with Gasteiger partial charge in [-0.2, -0.15) is 0 Å². The lowest BCUT2D eigenvalue weighted by Crippen LogP contribution is -1.96. The third-order valence-corrected chi connectivity index (χ3v) is 2.48. The number of fused-ring (bicyclic) bond motifs is 1. The van der Waals surface area contributed by atoms with Gasteiger partial charge in [0.05, 0.1) is 11.0 Å². The summed E-state index contributed by atoms with van der Waals surface area (Å²) in [4.78, 5) is 14.7. The van der Waals surface area contributed by atoms with Crippen LogP contribution >= 0.6 is 0 Å². The number of benzene rings is 1. The summed E-state index contributed by atoms with van der Waals surface area (Å²) < 4.78 is 2.14. The van der Waals surface area contributed by atoms with E-state index in [0.717, 1.165) is 29.1 Å². The summed E-state index contributed by atoms with van der Waals surface area (Å²) in [6.45, 7) is 4.98. The first-order valence-corrected chi connectivity index (χ1v) is 4.93. The van der Waals surface area contributed by atoms with E-state index in [9.17, 15) is 4.79 Å². The molecule has 0 aliphatic heterocycles. The van der Waals surface area contributed by atoms with Crippen LogP contribution in [0.5, 0.6) is 0 Å². The average Bonchev–Trinajstić information content (AvgIpc) is 2.53. The van der Waals surface area contributed by atoms with Gasteiger partial charge in [-0.3, -0.25) is 4.79 Å². The predicted octanol–water partition coefficient (Wildman–Crippen LogP) is 1.93. The van der Waals surface area contributed by atoms with E-state index in [1.807, 2.05) is 25.1 Å². The average molecular weight is 203 g/mol. The maximum Gasteiger partial charge on any atom is 0.211 e. The molecule has 2 rings (SSSR count). The molecule has 0 radical (unpaired) electrons. The number of hydrogen-bond acceptors (Lipinski definition) is 2. The molecule has 0 saturated heterocycles. The Bertz CT molecular complexity index is 502. The standard InChI is InChI=1S/C11H13N3O/c1-3-14-8(2)13-10-6-9(12-7-15)4-5-11(10)14/h4-7H,3H2,1-2H3,(H,12,15). The van der Waals surface area contributed by atoms with Crippen molar-refractivity contribution >= 4 is 23.1 Å². The van der Waals surface area contributed by atoms with Crippen LogP contribution in [-0.4, -0.2) is 16.0 Å². The van der Waals surface area contributed by atoms with Gasteiger partial charge in [0.25, 0.3) is 0 Å². The number of amides is 1. The van der Waals surface area contributed by atoms with E-state index >= 15 is 0 Å².